The lowest BCUT2D eigenvalue weighted by Crippen LogP contribution is -2.28. The van der Waals surface area contributed by atoms with Gasteiger partial charge >= 0.3 is 0 Å². The average molecular weight is 359 g/mol. The van der Waals surface area contributed by atoms with Crippen molar-refractivity contribution in [2.45, 2.75) is 6.42 Å². The van der Waals surface area contributed by atoms with Gasteiger partial charge in [-0.3, -0.25) is 9.59 Å². The normalized spacial score (nSPS) is 16.5. The van der Waals surface area contributed by atoms with E-state index in [1.54, 1.807) is 24.3 Å². The Bertz CT molecular complexity index is 923. The number of benzene rings is 2. The van der Waals surface area contributed by atoms with Crippen LogP contribution in [0.5, 0.6) is 0 Å². The van der Waals surface area contributed by atoms with E-state index in [2.05, 4.69) is 5.32 Å². The molecule has 0 radical (unpaired) electrons. The third-order valence-corrected chi connectivity index (χ3v) is 4.10. The minimum absolute atomic E-state index is 0.0574. The Hall–Kier alpha value is -3.34. The number of nitrogens with one attached hydrogen (secondary N) is 1. The molecule has 1 heterocycles. The lowest BCUT2D eigenvalue weighted by Gasteiger charge is -2.17. The highest BCUT2D eigenvalue weighted by atomic mass is 19.2. The predicted octanol–water partition coefficient (Wildman–Crippen LogP) is 2.97. The summed E-state index contributed by atoms with van der Waals surface area (Å²) in [5.41, 5.74) is 0.477. The van der Waals surface area contributed by atoms with Gasteiger partial charge in [0.1, 0.15) is 0 Å². The monoisotopic (exact) mass is 359 g/mol. The number of halogens is 3. The number of hydrogen-bond donors (Lipinski definition) is 1. The van der Waals surface area contributed by atoms with Gasteiger partial charge in [0.2, 0.25) is 11.8 Å². The van der Waals surface area contributed by atoms with Gasteiger partial charge in [-0.05, 0) is 36.4 Å². The maximum Gasteiger partial charge on any atom is 0.229 e. The molecule has 8 heteroatoms. The van der Waals surface area contributed by atoms with Crippen LogP contribution in [0.2, 0.25) is 0 Å². The number of amides is 2. The second-order valence-electron chi connectivity index (χ2n) is 5.78. The van der Waals surface area contributed by atoms with E-state index in [1.807, 2.05) is 6.07 Å². The molecule has 132 valence electrons. The summed E-state index contributed by atoms with van der Waals surface area (Å²) in [5.74, 6) is -6.27. The van der Waals surface area contributed by atoms with Crippen molar-refractivity contribution in [1.82, 2.24) is 0 Å². The van der Waals surface area contributed by atoms with Crippen LogP contribution in [0.1, 0.15) is 12.0 Å². The van der Waals surface area contributed by atoms with Gasteiger partial charge in [-0.25, -0.2) is 13.2 Å². The first-order chi connectivity index (χ1) is 12.4. The number of nitriles is 1. The molecule has 1 aliphatic rings. The Morgan fingerprint density at radius 3 is 2.46 bits per heavy atom. The standard InChI is InChI=1S/C18H12F3N3O2/c19-13-5-6-14(17(21)16(13)20)23-18(26)11-7-15(25)24(9-11)12-3-1-10(8-22)2-4-12/h1-6,11H,7,9H2,(H,23,26). The van der Waals surface area contributed by atoms with Crippen molar-refractivity contribution in [3.05, 3.63) is 59.4 Å². The Labute approximate surface area is 146 Å². The van der Waals surface area contributed by atoms with E-state index in [-0.39, 0.29) is 18.9 Å². The lowest BCUT2D eigenvalue weighted by atomic mass is 10.1. The zero-order valence-electron chi connectivity index (χ0n) is 13.3. The smallest absolute Gasteiger partial charge is 0.229 e. The molecule has 1 fully saturated rings. The number of anilines is 2. The maximum atomic E-state index is 13.7. The van der Waals surface area contributed by atoms with E-state index in [4.69, 9.17) is 5.26 Å². The average Bonchev–Trinajstić information content (AvgIpc) is 3.04. The molecule has 1 atom stereocenters. The Kier molecular flexibility index (Phi) is 4.63. The third-order valence-electron chi connectivity index (χ3n) is 4.10. The molecule has 0 aromatic heterocycles. The highest BCUT2D eigenvalue weighted by Gasteiger charge is 2.35. The molecule has 2 aromatic rings. The Morgan fingerprint density at radius 2 is 1.81 bits per heavy atom. The lowest BCUT2D eigenvalue weighted by molar-refractivity contribution is -0.122. The minimum atomic E-state index is -1.68. The van der Waals surface area contributed by atoms with Gasteiger partial charge in [0.25, 0.3) is 0 Å². The fraction of sp³-hybridized carbons (Fsp3) is 0.167. The molecule has 1 saturated heterocycles. The molecule has 5 nitrogen and oxygen atoms in total. The highest BCUT2D eigenvalue weighted by molar-refractivity contribution is 6.03. The van der Waals surface area contributed by atoms with E-state index >= 15 is 0 Å². The molecule has 0 aliphatic carbocycles. The van der Waals surface area contributed by atoms with Crippen LogP contribution in [0.15, 0.2) is 36.4 Å². The van der Waals surface area contributed by atoms with Crippen LogP contribution in [0, 0.1) is 34.7 Å². The summed E-state index contributed by atoms with van der Waals surface area (Å²) < 4.78 is 39.8. The van der Waals surface area contributed by atoms with Gasteiger partial charge in [0, 0.05) is 18.7 Å². The Morgan fingerprint density at radius 1 is 1.12 bits per heavy atom. The van der Waals surface area contributed by atoms with Crippen LogP contribution in [0.3, 0.4) is 0 Å². The fourth-order valence-corrected chi connectivity index (χ4v) is 2.71. The van der Waals surface area contributed by atoms with E-state index in [1.165, 1.54) is 4.90 Å². The first kappa shape index (κ1) is 17.5. The van der Waals surface area contributed by atoms with Crippen molar-refractivity contribution in [1.29, 1.82) is 5.26 Å². The minimum Gasteiger partial charge on any atom is -0.323 e. The molecular formula is C18H12F3N3O2. The van der Waals surface area contributed by atoms with Crippen LogP contribution in [-0.4, -0.2) is 18.4 Å². The molecular weight excluding hydrogens is 347 g/mol. The van der Waals surface area contributed by atoms with E-state index in [0.29, 0.717) is 17.3 Å². The molecule has 1 unspecified atom stereocenters. The summed E-state index contributed by atoms with van der Waals surface area (Å²) in [5, 5.41) is 11.0. The number of rotatable bonds is 3. The van der Waals surface area contributed by atoms with E-state index in [9.17, 15) is 22.8 Å². The predicted molar refractivity (Wildman–Crippen MR) is 86.6 cm³/mol. The molecule has 1 aliphatic heterocycles. The summed E-state index contributed by atoms with van der Waals surface area (Å²) >= 11 is 0. The SMILES string of the molecule is N#Cc1ccc(N2CC(C(=O)Nc3ccc(F)c(F)c3F)CC2=O)cc1. The molecule has 0 spiro atoms. The molecule has 2 aromatic carbocycles. The molecule has 0 bridgehead atoms. The summed E-state index contributed by atoms with van der Waals surface area (Å²) in [6, 6.07) is 9.86. The zero-order chi connectivity index (χ0) is 18.8. The number of hydrogen-bond acceptors (Lipinski definition) is 3. The van der Waals surface area contributed by atoms with Gasteiger partial charge in [-0.2, -0.15) is 5.26 Å². The van der Waals surface area contributed by atoms with Crippen molar-refractivity contribution in [3.63, 3.8) is 0 Å². The summed E-state index contributed by atoms with van der Waals surface area (Å²) in [7, 11) is 0. The summed E-state index contributed by atoms with van der Waals surface area (Å²) in [6.45, 7) is 0.0574. The maximum absolute atomic E-state index is 13.7. The van der Waals surface area contributed by atoms with Gasteiger partial charge < -0.3 is 10.2 Å². The van der Waals surface area contributed by atoms with Crippen LogP contribution in [-0.2, 0) is 9.59 Å². The summed E-state index contributed by atoms with van der Waals surface area (Å²) in [4.78, 5) is 25.8. The molecule has 1 N–H and O–H groups in total. The zero-order valence-corrected chi connectivity index (χ0v) is 13.3. The third kappa shape index (κ3) is 3.24. The number of nitrogens with zero attached hydrogens (tertiary/aromatic N) is 2. The summed E-state index contributed by atoms with van der Waals surface area (Å²) in [6.07, 6.45) is -0.100. The first-order valence-corrected chi connectivity index (χ1v) is 7.65. The largest absolute Gasteiger partial charge is 0.323 e. The molecule has 0 saturated carbocycles. The van der Waals surface area contributed by atoms with Crippen LogP contribution in [0.25, 0.3) is 0 Å². The van der Waals surface area contributed by atoms with E-state index < -0.39 is 35.0 Å². The number of carbonyl (C=O) groups is 2. The van der Waals surface area contributed by atoms with Crippen molar-refractivity contribution in [3.8, 4) is 6.07 Å². The van der Waals surface area contributed by atoms with Crippen LogP contribution >= 0.6 is 0 Å². The second-order valence-corrected chi connectivity index (χ2v) is 5.78. The van der Waals surface area contributed by atoms with Gasteiger partial charge in [-0.1, -0.05) is 0 Å². The van der Waals surface area contributed by atoms with Crippen LogP contribution in [0.4, 0.5) is 24.5 Å². The van der Waals surface area contributed by atoms with Crippen molar-refractivity contribution >= 4 is 23.2 Å². The van der Waals surface area contributed by atoms with Crippen LogP contribution < -0.4 is 10.2 Å². The fourth-order valence-electron chi connectivity index (χ4n) is 2.71. The molecule has 2 amide bonds. The topological polar surface area (TPSA) is 73.2 Å². The van der Waals surface area contributed by atoms with Gasteiger partial charge in [0.05, 0.1) is 23.2 Å². The van der Waals surface area contributed by atoms with Crippen molar-refractivity contribution in [2.75, 3.05) is 16.8 Å². The Balaban J connectivity index is 1.73. The highest BCUT2D eigenvalue weighted by Crippen LogP contribution is 2.27. The van der Waals surface area contributed by atoms with Gasteiger partial charge in [-0.15, -0.1) is 0 Å². The van der Waals surface area contributed by atoms with E-state index in [0.717, 1.165) is 6.07 Å². The molecule has 26 heavy (non-hydrogen) atoms. The quantitative estimate of drug-likeness (QED) is 0.857. The first-order valence-electron chi connectivity index (χ1n) is 7.65. The number of carbonyl (C=O) groups excluding carboxylic acids is 2. The van der Waals surface area contributed by atoms with Crippen molar-refractivity contribution < 1.29 is 22.8 Å². The second kappa shape index (κ2) is 6.88. The van der Waals surface area contributed by atoms with Gasteiger partial charge in [0.15, 0.2) is 17.5 Å². The molecule has 3 rings (SSSR count). The van der Waals surface area contributed by atoms with Crippen molar-refractivity contribution in [2.24, 2.45) is 5.92 Å².